The lowest BCUT2D eigenvalue weighted by molar-refractivity contribution is 0.0162. The number of benzene rings is 1. The number of aliphatic hydroxyl groups excluding tert-OH is 1. The van der Waals surface area contributed by atoms with E-state index in [2.05, 4.69) is 0 Å². The molecule has 1 aromatic carbocycles. The van der Waals surface area contributed by atoms with Gasteiger partial charge in [-0.15, -0.1) is 0 Å². The Morgan fingerprint density at radius 1 is 1.41 bits per heavy atom. The molecule has 0 heterocycles. The second-order valence-corrected chi connectivity index (χ2v) is 3.54. The summed E-state index contributed by atoms with van der Waals surface area (Å²) in [4.78, 5) is 0. The van der Waals surface area contributed by atoms with Crippen molar-refractivity contribution >= 4 is 0 Å². The van der Waals surface area contributed by atoms with Gasteiger partial charge in [0.25, 0.3) is 0 Å². The van der Waals surface area contributed by atoms with Gasteiger partial charge in [-0.1, -0.05) is 6.07 Å². The van der Waals surface area contributed by atoms with Crippen molar-refractivity contribution in [1.29, 1.82) is 0 Å². The highest BCUT2D eigenvalue weighted by atomic mass is 19.1. The summed E-state index contributed by atoms with van der Waals surface area (Å²) in [5, 5.41) is 9.50. The summed E-state index contributed by atoms with van der Waals surface area (Å²) in [6, 6.07) is 4.49. The van der Waals surface area contributed by atoms with Crippen molar-refractivity contribution < 1.29 is 19.0 Å². The molecule has 0 fully saturated rings. The molecule has 3 N–H and O–H groups in total. The Morgan fingerprint density at radius 2 is 2.18 bits per heavy atom. The van der Waals surface area contributed by atoms with Crippen LogP contribution in [0.25, 0.3) is 0 Å². The first-order valence-electron chi connectivity index (χ1n) is 5.55. The average Bonchev–Trinajstić information content (AvgIpc) is 2.33. The average molecular weight is 243 g/mol. The fraction of sp³-hybridized carbons (Fsp3) is 0.500. The van der Waals surface area contributed by atoms with Crippen LogP contribution in [0.15, 0.2) is 18.2 Å². The van der Waals surface area contributed by atoms with Crippen LogP contribution in [0, 0.1) is 5.82 Å². The van der Waals surface area contributed by atoms with Crippen LogP contribution in [0.5, 0.6) is 5.75 Å². The zero-order chi connectivity index (χ0) is 12.7. The first-order chi connectivity index (χ1) is 8.19. The number of halogens is 1. The van der Waals surface area contributed by atoms with E-state index in [1.54, 1.807) is 12.1 Å². The molecule has 0 saturated heterocycles. The lowest BCUT2D eigenvalue weighted by atomic mass is 10.2. The zero-order valence-corrected chi connectivity index (χ0v) is 9.86. The Kier molecular flexibility index (Phi) is 5.90. The molecule has 4 nitrogen and oxygen atoms in total. The maximum absolute atomic E-state index is 13.3. The van der Waals surface area contributed by atoms with Crippen molar-refractivity contribution in [1.82, 2.24) is 0 Å². The quantitative estimate of drug-likeness (QED) is 0.751. The monoisotopic (exact) mass is 243 g/mol. The van der Waals surface area contributed by atoms with E-state index in [1.165, 1.54) is 6.07 Å². The molecule has 1 unspecified atom stereocenters. The van der Waals surface area contributed by atoms with Gasteiger partial charge in [0.1, 0.15) is 24.3 Å². The molecule has 1 rings (SSSR count). The lowest BCUT2D eigenvalue weighted by Crippen LogP contribution is -2.24. The predicted octanol–water partition coefficient (Wildman–Crippen LogP) is 1.06. The van der Waals surface area contributed by atoms with Crippen molar-refractivity contribution in [2.75, 3.05) is 19.8 Å². The molecular weight excluding hydrogens is 225 g/mol. The van der Waals surface area contributed by atoms with Crippen LogP contribution in [-0.2, 0) is 11.3 Å². The lowest BCUT2D eigenvalue weighted by Gasteiger charge is -2.14. The van der Waals surface area contributed by atoms with E-state index in [9.17, 15) is 9.50 Å². The zero-order valence-electron chi connectivity index (χ0n) is 9.86. The SMILES string of the molecule is CCOCC(O)COc1cccc(F)c1CN. The molecule has 0 bridgehead atoms. The minimum absolute atomic E-state index is 0.0520. The van der Waals surface area contributed by atoms with Gasteiger partial charge < -0.3 is 20.3 Å². The Hall–Kier alpha value is -1.17. The number of ether oxygens (including phenoxy) is 2. The van der Waals surface area contributed by atoms with Gasteiger partial charge in [0.2, 0.25) is 0 Å². The normalized spacial score (nSPS) is 12.5. The maximum atomic E-state index is 13.3. The molecule has 96 valence electrons. The smallest absolute Gasteiger partial charge is 0.131 e. The van der Waals surface area contributed by atoms with E-state index in [4.69, 9.17) is 15.2 Å². The molecule has 0 aliphatic rings. The summed E-state index contributed by atoms with van der Waals surface area (Å²) in [5.41, 5.74) is 5.75. The third-order valence-corrected chi connectivity index (χ3v) is 2.23. The van der Waals surface area contributed by atoms with Gasteiger partial charge in [-0.25, -0.2) is 4.39 Å². The third kappa shape index (κ3) is 4.30. The molecule has 0 amide bonds. The van der Waals surface area contributed by atoms with E-state index >= 15 is 0 Å². The van der Waals surface area contributed by atoms with Gasteiger partial charge in [-0.3, -0.25) is 0 Å². The highest BCUT2D eigenvalue weighted by Crippen LogP contribution is 2.20. The molecule has 0 radical (unpaired) electrons. The maximum Gasteiger partial charge on any atom is 0.131 e. The van der Waals surface area contributed by atoms with Crippen molar-refractivity contribution in [2.24, 2.45) is 5.73 Å². The fourth-order valence-electron chi connectivity index (χ4n) is 1.36. The van der Waals surface area contributed by atoms with Gasteiger partial charge in [0.15, 0.2) is 0 Å². The van der Waals surface area contributed by atoms with E-state index in [-0.39, 0.29) is 19.8 Å². The Balaban J connectivity index is 2.54. The minimum atomic E-state index is -0.733. The van der Waals surface area contributed by atoms with E-state index in [0.717, 1.165) is 0 Å². The second kappa shape index (κ2) is 7.21. The first-order valence-corrected chi connectivity index (χ1v) is 5.55. The van der Waals surface area contributed by atoms with Gasteiger partial charge in [-0.05, 0) is 19.1 Å². The molecule has 17 heavy (non-hydrogen) atoms. The van der Waals surface area contributed by atoms with Gasteiger partial charge >= 0.3 is 0 Å². The number of rotatable bonds is 7. The second-order valence-electron chi connectivity index (χ2n) is 3.54. The Labute approximate surface area is 100 Å². The molecule has 1 aromatic rings. The summed E-state index contributed by atoms with van der Waals surface area (Å²) in [7, 11) is 0. The summed E-state index contributed by atoms with van der Waals surface area (Å²) < 4.78 is 23.7. The van der Waals surface area contributed by atoms with Crippen LogP contribution in [0.2, 0.25) is 0 Å². The van der Waals surface area contributed by atoms with Crippen LogP contribution < -0.4 is 10.5 Å². The van der Waals surface area contributed by atoms with Crippen LogP contribution in [0.4, 0.5) is 4.39 Å². The highest BCUT2D eigenvalue weighted by molar-refractivity contribution is 5.34. The number of hydrogen-bond donors (Lipinski definition) is 2. The summed E-state index contributed by atoms with van der Waals surface area (Å²) >= 11 is 0. The molecule has 5 heteroatoms. The molecule has 0 aliphatic heterocycles. The molecule has 1 atom stereocenters. The van der Waals surface area contributed by atoms with E-state index in [0.29, 0.717) is 17.9 Å². The number of aliphatic hydroxyl groups is 1. The Bertz CT molecular complexity index is 347. The molecule has 0 saturated carbocycles. The van der Waals surface area contributed by atoms with Gasteiger partial charge in [0, 0.05) is 18.7 Å². The number of hydrogen-bond acceptors (Lipinski definition) is 4. The van der Waals surface area contributed by atoms with Crippen LogP contribution >= 0.6 is 0 Å². The van der Waals surface area contributed by atoms with Gasteiger partial charge in [-0.2, -0.15) is 0 Å². The summed E-state index contributed by atoms with van der Waals surface area (Å²) in [6.07, 6.45) is -0.733. The largest absolute Gasteiger partial charge is 0.490 e. The minimum Gasteiger partial charge on any atom is -0.490 e. The van der Waals surface area contributed by atoms with E-state index in [1.807, 2.05) is 6.92 Å². The topological polar surface area (TPSA) is 64.7 Å². The summed E-state index contributed by atoms with van der Waals surface area (Å²) in [5.74, 6) is -0.0349. The first kappa shape index (κ1) is 13.9. The Morgan fingerprint density at radius 3 is 2.82 bits per heavy atom. The molecule has 0 aliphatic carbocycles. The molecule has 0 spiro atoms. The fourth-order valence-corrected chi connectivity index (χ4v) is 1.36. The van der Waals surface area contributed by atoms with Crippen molar-refractivity contribution in [3.63, 3.8) is 0 Å². The molecule has 0 aromatic heterocycles. The van der Waals surface area contributed by atoms with Crippen molar-refractivity contribution in [3.8, 4) is 5.75 Å². The van der Waals surface area contributed by atoms with Crippen LogP contribution in [0.3, 0.4) is 0 Å². The van der Waals surface area contributed by atoms with E-state index < -0.39 is 11.9 Å². The third-order valence-electron chi connectivity index (χ3n) is 2.23. The van der Waals surface area contributed by atoms with Gasteiger partial charge in [0.05, 0.1) is 6.61 Å². The number of nitrogens with two attached hydrogens (primary N) is 1. The van der Waals surface area contributed by atoms with Crippen LogP contribution in [-0.4, -0.2) is 31.0 Å². The predicted molar refractivity (Wildman–Crippen MR) is 62.3 cm³/mol. The summed E-state index contributed by atoms with van der Waals surface area (Å²) in [6.45, 7) is 2.68. The molecular formula is C12H18FNO3. The van der Waals surface area contributed by atoms with Crippen molar-refractivity contribution in [2.45, 2.75) is 19.6 Å². The van der Waals surface area contributed by atoms with Crippen molar-refractivity contribution in [3.05, 3.63) is 29.6 Å². The highest BCUT2D eigenvalue weighted by Gasteiger charge is 2.10. The standard InChI is InChI=1S/C12H18FNO3/c1-2-16-7-9(15)8-17-12-5-3-4-11(13)10(12)6-14/h3-5,9,15H,2,6-8,14H2,1H3. The van der Waals surface area contributed by atoms with Crippen LogP contribution in [0.1, 0.15) is 12.5 Å².